The van der Waals surface area contributed by atoms with Gasteiger partial charge in [0.15, 0.2) is 0 Å². The van der Waals surface area contributed by atoms with E-state index in [-0.39, 0.29) is 0 Å². The lowest BCUT2D eigenvalue weighted by molar-refractivity contribution is 0.0694. The van der Waals surface area contributed by atoms with E-state index >= 15 is 0 Å². The van der Waals surface area contributed by atoms with Crippen LogP contribution >= 0.6 is 0 Å². The molecule has 1 heterocycles. The Labute approximate surface area is 90.1 Å². The summed E-state index contributed by atoms with van der Waals surface area (Å²) in [6.45, 7) is 2.77. The van der Waals surface area contributed by atoms with Gasteiger partial charge in [0, 0.05) is 6.54 Å². The van der Waals surface area contributed by atoms with Crippen LogP contribution in [0.2, 0.25) is 0 Å². The second-order valence-corrected chi connectivity index (χ2v) is 3.91. The first-order chi connectivity index (χ1) is 7.34. The van der Waals surface area contributed by atoms with Crippen molar-refractivity contribution in [1.82, 2.24) is 5.32 Å². The summed E-state index contributed by atoms with van der Waals surface area (Å²) in [5.74, 6) is 0.329. The summed E-state index contributed by atoms with van der Waals surface area (Å²) in [7, 11) is 0. The van der Waals surface area contributed by atoms with Gasteiger partial charge in [-0.2, -0.15) is 0 Å². The smallest absolute Gasteiger partial charge is 0.115 e. The van der Waals surface area contributed by atoms with Crippen molar-refractivity contribution in [3.8, 4) is 5.75 Å². The fraction of sp³-hybridized carbons (Fsp3) is 0.500. The average molecular weight is 207 g/mol. The van der Waals surface area contributed by atoms with E-state index < -0.39 is 0 Å². The molecule has 0 spiro atoms. The first-order valence-electron chi connectivity index (χ1n) is 5.45. The summed E-state index contributed by atoms with van der Waals surface area (Å²) in [5, 5.41) is 12.5. The van der Waals surface area contributed by atoms with Crippen LogP contribution in [0.15, 0.2) is 24.3 Å². The normalized spacial score (nSPS) is 20.7. The van der Waals surface area contributed by atoms with Crippen molar-refractivity contribution in [2.75, 3.05) is 19.7 Å². The third kappa shape index (κ3) is 3.22. The minimum absolute atomic E-state index is 0.329. The molecular weight excluding hydrogens is 190 g/mol. The Hall–Kier alpha value is -1.06. The fourth-order valence-electron chi connectivity index (χ4n) is 1.83. The fourth-order valence-corrected chi connectivity index (χ4v) is 1.83. The molecule has 0 radical (unpaired) electrons. The van der Waals surface area contributed by atoms with Crippen LogP contribution < -0.4 is 5.32 Å². The number of aromatic hydroxyl groups is 1. The summed E-state index contributed by atoms with van der Waals surface area (Å²) >= 11 is 0. The Morgan fingerprint density at radius 1 is 1.47 bits per heavy atom. The van der Waals surface area contributed by atoms with Crippen molar-refractivity contribution in [2.24, 2.45) is 0 Å². The van der Waals surface area contributed by atoms with Gasteiger partial charge in [0.2, 0.25) is 0 Å². The van der Waals surface area contributed by atoms with Crippen LogP contribution in [0.1, 0.15) is 12.0 Å². The predicted octanol–water partition coefficient (Wildman–Crippen LogP) is 1.31. The Bertz CT molecular complexity index is 308. The Kier molecular flexibility index (Phi) is 3.59. The molecular formula is C12H17NO2. The second-order valence-electron chi connectivity index (χ2n) is 3.91. The van der Waals surface area contributed by atoms with Crippen molar-refractivity contribution in [1.29, 1.82) is 0 Å². The third-order valence-electron chi connectivity index (χ3n) is 2.67. The number of phenols is 1. The van der Waals surface area contributed by atoms with Crippen molar-refractivity contribution in [2.45, 2.75) is 18.9 Å². The topological polar surface area (TPSA) is 41.5 Å². The van der Waals surface area contributed by atoms with Crippen molar-refractivity contribution >= 4 is 0 Å². The first-order valence-corrected chi connectivity index (χ1v) is 5.45. The molecule has 1 unspecified atom stereocenters. The lowest BCUT2D eigenvalue weighted by atomic mass is 10.1. The van der Waals surface area contributed by atoms with Gasteiger partial charge in [-0.25, -0.2) is 0 Å². The minimum Gasteiger partial charge on any atom is -0.508 e. The van der Waals surface area contributed by atoms with E-state index in [4.69, 9.17) is 4.74 Å². The lowest BCUT2D eigenvalue weighted by Crippen LogP contribution is -2.17. The molecule has 1 fully saturated rings. The molecule has 1 aliphatic rings. The standard InChI is InChI=1S/C12H17NO2/c14-11-3-1-2-10(8-11)5-7-15-12-4-6-13-9-12/h1-3,8,12-14H,4-7,9H2. The molecule has 0 bridgehead atoms. The Morgan fingerprint density at radius 2 is 2.40 bits per heavy atom. The molecule has 82 valence electrons. The van der Waals surface area contributed by atoms with Gasteiger partial charge in [0.25, 0.3) is 0 Å². The number of ether oxygens (including phenoxy) is 1. The summed E-state index contributed by atoms with van der Waals surface area (Å²) in [6, 6.07) is 7.35. The molecule has 1 aliphatic heterocycles. The van der Waals surface area contributed by atoms with Gasteiger partial charge in [-0.05, 0) is 37.1 Å². The molecule has 3 heteroatoms. The van der Waals surface area contributed by atoms with Crippen molar-refractivity contribution in [3.63, 3.8) is 0 Å². The highest BCUT2D eigenvalue weighted by atomic mass is 16.5. The van der Waals surface area contributed by atoms with Crippen LogP contribution in [-0.4, -0.2) is 30.9 Å². The zero-order chi connectivity index (χ0) is 10.5. The molecule has 0 saturated carbocycles. The SMILES string of the molecule is Oc1cccc(CCOC2CCNC2)c1. The van der Waals surface area contributed by atoms with E-state index in [0.29, 0.717) is 11.9 Å². The number of phenolic OH excluding ortho intramolecular Hbond substituents is 1. The molecule has 1 saturated heterocycles. The van der Waals surface area contributed by atoms with Gasteiger partial charge < -0.3 is 15.2 Å². The van der Waals surface area contributed by atoms with E-state index in [1.54, 1.807) is 12.1 Å². The van der Waals surface area contributed by atoms with E-state index in [9.17, 15) is 5.11 Å². The van der Waals surface area contributed by atoms with Crippen LogP contribution in [0, 0.1) is 0 Å². The quantitative estimate of drug-likeness (QED) is 0.782. The van der Waals surface area contributed by atoms with E-state index in [2.05, 4.69) is 5.32 Å². The molecule has 1 atom stereocenters. The minimum atomic E-state index is 0.329. The highest BCUT2D eigenvalue weighted by molar-refractivity contribution is 5.27. The van der Waals surface area contributed by atoms with Gasteiger partial charge in [0.05, 0.1) is 12.7 Å². The average Bonchev–Trinajstić information content (AvgIpc) is 2.71. The van der Waals surface area contributed by atoms with Gasteiger partial charge in [-0.1, -0.05) is 12.1 Å². The highest BCUT2D eigenvalue weighted by Gasteiger charge is 2.13. The maximum Gasteiger partial charge on any atom is 0.115 e. The molecule has 15 heavy (non-hydrogen) atoms. The Morgan fingerprint density at radius 3 is 3.13 bits per heavy atom. The van der Waals surface area contributed by atoms with Crippen LogP contribution in [0.25, 0.3) is 0 Å². The van der Waals surface area contributed by atoms with Crippen LogP contribution in [0.5, 0.6) is 5.75 Å². The van der Waals surface area contributed by atoms with Crippen molar-refractivity contribution in [3.05, 3.63) is 29.8 Å². The number of hydrogen-bond acceptors (Lipinski definition) is 3. The maximum absolute atomic E-state index is 9.27. The van der Waals surface area contributed by atoms with Crippen LogP contribution in [-0.2, 0) is 11.2 Å². The molecule has 0 amide bonds. The van der Waals surface area contributed by atoms with Gasteiger partial charge in [0.1, 0.15) is 5.75 Å². The Balaban J connectivity index is 1.73. The van der Waals surface area contributed by atoms with Crippen LogP contribution in [0.3, 0.4) is 0 Å². The zero-order valence-corrected chi connectivity index (χ0v) is 8.78. The third-order valence-corrected chi connectivity index (χ3v) is 2.67. The monoisotopic (exact) mass is 207 g/mol. The number of hydrogen-bond donors (Lipinski definition) is 2. The van der Waals surface area contributed by atoms with E-state index in [0.717, 1.165) is 38.1 Å². The molecule has 2 N–H and O–H groups in total. The maximum atomic E-state index is 9.27. The molecule has 2 rings (SSSR count). The van der Waals surface area contributed by atoms with Gasteiger partial charge in [-0.3, -0.25) is 0 Å². The predicted molar refractivity (Wildman–Crippen MR) is 59.0 cm³/mol. The second kappa shape index (κ2) is 5.14. The van der Waals surface area contributed by atoms with E-state index in [1.807, 2.05) is 12.1 Å². The van der Waals surface area contributed by atoms with Gasteiger partial charge in [-0.15, -0.1) is 0 Å². The summed E-state index contributed by atoms with van der Waals surface area (Å²) in [6.07, 6.45) is 2.35. The lowest BCUT2D eigenvalue weighted by Gasteiger charge is -2.10. The molecule has 1 aromatic carbocycles. The van der Waals surface area contributed by atoms with Crippen molar-refractivity contribution < 1.29 is 9.84 Å². The number of nitrogens with one attached hydrogen (secondary N) is 1. The molecule has 0 aliphatic carbocycles. The first kappa shape index (κ1) is 10.5. The summed E-state index contributed by atoms with van der Waals surface area (Å²) < 4.78 is 5.70. The van der Waals surface area contributed by atoms with Gasteiger partial charge >= 0.3 is 0 Å². The largest absolute Gasteiger partial charge is 0.508 e. The van der Waals surface area contributed by atoms with Crippen LogP contribution in [0.4, 0.5) is 0 Å². The number of rotatable bonds is 4. The molecule has 0 aromatic heterocycles. The summed E-state index contributed by atoms with van der Waals surface area (Å²) in [4.78, 5) is 0. The highest BCUT2D eigenvalue weighted by Crippen LogP contribution is 2.12. The molecule has 1 aromatic rings. The zero-order valence-electron chi connectivity index (χ0n) is 8.78. The van der Waals surface area contributed by atoms with E-state index in [1.165, 1.54) is 0 Å². The summed E-state index contributed by atoms with van der Waals surface area (Å²) in [5.41, 5.74) is 1.13. The molecule has 3 nitrogen and oxygen atoms in total. The number of benzene rings is 1.